The molecule has 3 fully saturated rings. The summed E-state index contributed by atoms with van der Waals surface area (Å²) in [5.74, 6) is 0.326. The summed E-state index contributed by atoms with van der Waals surface area (Å²) < 4.78 is 59.5. The number of rotatable bonds is 2. The molecule has 7 rings (SSSR count). The van der Waals surface area contributed by atoms with Gasteiger partial charge in [-0.25, -0.2) is 29.9 Å². The van der Waals surface area contributed by atoms with Gasteiger partial charge in [-0.15, -0.1) is 9.05 Å². The second-order valence-electron chi connectivity index (χ2n) is 11.7. The summed E-state index contributed by atoms with van der Waals surface area (Å²) in [5.41, 5.74) is 12.3. The number of ether oxygens (including phenoxy) is 1. The van der Waals surface area contributed by atoms with Gasteiger partial charge in [0.2, 0.25) is 0 Å². The summed E-state index contributed by atoms with van der Waals surface area (Å²) in [6.45, 7) is 2.53. The fraction of sp³-hybridized carbons (Fsp3) is 0.583. The molecular formula is C24H31N10O9P2+. The molecule has 2 saturated heterocycles. The van der Waals surface area contributed by atoms with Gasteiger partial charge in [0.05, 0.1) is 31.4 Å². The molecule has 10 atom stereocenters. The summed E-state index contributed by atoms with van der Waals surface area (Å²) in [6, 6.07) is -0.580. The molecule has 45 heavy (non-hydrogen) atoms. The van der Waals surface area contributed by atoms with E-state index in [-0.39, 0.29) is 37.7 Å². The summed E-state index contributed by atoms with van der Waals surface area (Å²) >= 11 is 0. The third-order valence-electron chi connectivity index (χ3n) is 8.57. The normalized spacial score (nSPS) is 37.2. The number of aromatic nitrogens is 8. The van der Waals surface area contributed by atoms with Gasteiger partial charge in [0, 0.05) is 23.1 Å². The first kappa shape index (κ1) is 30.4. The molecule has 3 aliphatic rings. The summed E-state index contributed by atoms with van der Waals surface area (Å²) in [7, 11) is -6.68. The van der Waals surface area contributed by atoms with Crippen LogP contribution in [0.25, 0.3) is 22.3 Å². The van der Waals surface area contributed by atoms with Crippen molar-refractivity contribution in [3.63, 3.8) is 0 Å². The van der Waals surface area contributed by atoms with Crippen LogP contribution < -0.4 is 11.5 Å². The highest BCUT2D eigenvalue weighted by Gasteiger charge is 2.54. The number of aliphatic hydroxyl groups excluding tert-OH is 2. The lowest BCUT2D eigenvalue weighted by atomic mass is 9.70. The lowest BCUT2D eigenvalue weighted by Crippen LogP contribution is -2.49. The van der Waals surface area contributed by atoms with E-state index in [4.69, 9.17) is 34.3 Å². The maximum atomic E-state index is 13.9. The Labute approximate surface area is 255 Å². The summed E-state index contributed by atoms with van der Waals surface area (Å²) in [6.07, 6.45) is -0.928. The van der Waals surface area contributed by atoms with Gasteiger partial charge in [-0.05, 0) is 6.42 Å². The number of nitrogen functional groups attached to an aromatic ring is 2. The molecule has 1 aliphatic carbocycles. The van der Waals surface area contributed by atoms with Crippen molar-refractivity contribution >= 4 is 49.8 Å². The minimum atomic E-state index is -3.93. The first-order valence-electron chi connectivity index (χ1n) is 14.0. The van der Waals surface area contributed by atoms with E-state index in [1.54, 1.807) is 11.5 Å². The summed E-state index contributed by atoms with van der Waals surface area (Å²) in [5, 5.41) is 22.5. The minimum absolute atomic E-state index is 0.0238. The molecule has 240 valence electrons. The third kappa shape index (κ3) is 5.37. The Hall–Kier alpha value is -3.25. The largest absolute Gasteiger partial charge is 0.697 e. The highest BCUT2D eigenvalue weighted by atomic mass is 31.2. The molecule has 6 heterocycles. The Morgan fingerprint density at radius 2 is 1.67 bits per heavy atom. The Morgan fingerprint density at radius 1 is 1.02 bits per heavy atom. The van der Waals surface area contributed by atoms with Crippen LogP contribution in [0.2, 0.25) is 0 Å². The third-order valence-corrected chi connectivity index (χ3v) is 10.6. The van der Waals surface area contributed by atoms with Gasteiger partial charge in [0.25, 0.3) is 0 Å². The van der Waals surface area contributed by atoms with E-state index < -0.39 is 64.1 Å². The smallest absolute Gasteiger partial charge is 0.391 e. The molecule has 4 aromatic rings. The molecule has 0 spiro atoms. The Kier molecular flexibility index (Phi) is 7.58. The monoisotopic (exact) mass is 665 g/mol. The fourth-order valence-electron chi connectivity index (χ4n) is 6.16. The average Bonchev–Trinajstić information content (AvgIpc) is 3.70. The van der Waals surface area contributed by atoms with Crippen molar-refractivity contribution in [2.24, 2.45) is 5.41 Å². The van der Waals surface area contributed by atoms with Crippen molar-refractivity contribution in [1.29, 1.82) is 0 Å². The van der Waals surface area contributed by atoms with Crippen molar-refractivity contribution in [2.75, 3.05) is 31.3 Å². The second kappa shape index (κ2) is 11.2. The number of anilines is 2. The Morgan fingerprint density at radius 3 is 2.36 bits per heavy atom. The number of fused-ring (bicyclic) bond motifs is 5. The van der Waals surface area contributed by atoms with Crippen LogP contribution in [0.1, 0.15) is 32.0 Å². The van der Waals surface area contributed by atoms with Gasteiger partial charge < -0.3 is 35.5 Å². The van der Waals surface area contributed by atoms with Crippen LogP contribution in [0.15, 0.2) is 25.3 Å². The fourth-order valence-corrected chi connectivity index (χ4v) is 8.30. The second-order valence-corrected chi connectivity index (χ2v) is 14.6. The van der Waals surface area contributed by atoms with E-state index in [1.165, 1.54) is 36.5 Å². The van der Waals surface area contributed by atoms with Crippen molar-refractivity contribution in [3.05, 3.63) is 25.3 Å². The molecule has 2 unspecified atom stereocenters. The molecule has 4 aromatic heterocycles. The molecule has 0 aromatic carbocycles. The van der Waals surface area contributed by atoms with Crippen molar-refractivity contribution in [1.82, 2.24) is 39.0 Å². The minimum Gasteiger partial charge on any atom is -0.391 e. The number of nitrogens with zero attached hydrogens (tertiary/aromatic N) is 8. The SMILES string of the molecule is C[C@@]12COP(C)(=O)O[C@@H]3[C@H](O)[C@@H](CO[P+](=O)O[C@H]1C[C@@H](O)[C@H](n1cnc4c(N)ncnc41)C2)O[C@H]3n1cnc2c(N)ncnc21. The van der Waals surface area contributed by atoms with E-state index >= 15 is 0 Å². The average molecular weight is 666 g/mol. The highest BCUT2D eigenvalue weighted by Crippen LogP contribution is 2.54. The molecule has 21 heteroatoms. The standard InChI is InChI=1S/C24H31N10O9P2/c1-24-4-11(33-9-31-15-19(25)27-7-29-21(15)33)12(35)3-14(24)42-44(37)39-5-13-17(36)18(43-45(2,38)40-6-24)23(41-13)34-10-32-16-20(26)28-8-30-22(16)34/h7-14,17-18,23,35-36H,3-6H2,1-2H3,(H2,25,27,29)(H2,26,28,30)/q+1/t11-,12-,13-,14+,17-,18-,23-,24-,45?/m1/s1. The van der Waals surface area contributed by atoms with Crippen molar-refractivity contribution < 1.29 is 42.2 Å². The Balaban J connectivity index is 1.20. The number of hydrogen-bond donors (Lipinski definition) is 4. The molecular weight excluding hydrogens is 634 g/mol. The van der Waals surface area contributed by atoms with Crippen molar-refractivity contribution in [2.45, 2.75) is 62.6 Å². The maximum absolute atomic E-state index is 13.9. The summed E-state index contributed by atoms with van der Waals surface area (Å²) in [4.78, 5) is 25.0. The lowest BCUT2D eigenvalue weighted by molar-refractivity contribution is -0.0884. The van der Waals surface area contributed by atoms with Crippen molar-refractivity contribution in [3.8, 4) is 0 Å². The van der Waals surface area contributed by atoms with E-state index in [0.717, 1.165) is 0 Å². The number of aliphatic hydroxyl groups is 2. The number of nitrogens with two attached hydrogens (primary N) is 2. The van der Waals surface area contributed by atoms with Crippen LogP contribution in [-0.2, 0) is 32.0 Å². The lowest BCUT2D eigenvalue weighted by Gasteiger charge is -2.44. The predicted octanol–water partition coefficient (Wildman–Crippen LogP) is 1.09. The van der Waals surface area contributed by atoms with Crippen LogP contribution in [0.3, 0.4) is 0 Å². The molecule has 6 N–H and O–H groups in total. The maximum Gasteiger partial charge on any atom is 0.697 e. The number of hydrogen-bond acceptors (Lipinski definition) is 17. The van der Waals surface area contributed by atoms with Crippen LogP contribution in [0.4, 0.5) is 11.6 Å². The van der Waals surface area contributed by atoms with Gasteiger partial charge in [0.1, 0.15) is 54.7 Å². The first-order chi connectivity index (χ1) is 21.4. The topological polar surface area (TPSA) is 260 Å². The zero-order chi connectivity index (χ0) is 31.7. The van der Waals surface area contributed by atoms with Crippen LogP contribution >= 0.6 is 15.9 Å². The predicted molar refractivity (Wildman–Crippen MR) is 155 cm³/mol. The molecule has 0 radical (unpaired) electrons. The van der Waals surface area contributed by atoms with E-state index in [0.29, 0.717) is 22.3 Å². The zero-order valence-electron chi connectivity index (χ0n) is 24.1. The number of imidazole rings is 2. The van der Waals surface area contributed by atoms with E-state index in [1.807, 2.05) is 0 Å². The molecule has 2 aliphatic heterocycles. The quantitative estimate of drug-likeness (QED) is 0.218. The van der Waals surface area contributed by atoms with Gasteiger partial charge in [-0.3, -0.25) is 13.7 Å². The Bertz CT molecular complexity index is 1820. The van der Waals surface area contributed by atoms with Crippen LogP contribution in [0, 0.1) is 5.41 Å². The van der Waals surface area contributed by atoms with E-state index in [9.17, 15) is 19.3 Å². The molecule has 2 bridgehead atoms. The molecule has 0 amide bonds. The van der Waals surface area contributed by atoms with Gasteiger partial charge in [-0.2, -0.15) is 0 Å². The zero-order valence-corrected chi connectivity index (χ0v) is 25.8. The van der Waals surface area contributed by atoms with Crippen LogP contribution in [-0.4, -0.2) is 99.6 Å². The first-order valence-corrected chi connectivity index (χ1v) is 17.1. The highest BCUT2D eigenvalue weighted by molar-refractivity contribution is 7.53. The molecule has 1 saturated carbocycles. The van der Waals surface area contributed by atoms with Gasteiger partial charge >= 0.3 is 15.9 Å². The molecule has 19 nitrogen and oxygen atoms in total. The van der Waals surface area contributed by atoms with Crippen LogP contribution in [0.5, 0.6) is 0 Å². The van der Waals surface area contributed by atoms with Gasteiger partial charge in [0.15, 0.2) is 29.2 Å². The van der Waals surface area contributed by atoms with E-state index in [2.05, 4.69) is 29.9 Å². The van der Waals surface area contributed by atoms with Gasteiger partial charge in [-0.1, -0.05) is 6.92 Å².